The molecule has 0 aromatic heterocycles. The lowest BCUT2D eigenvalue weighted by atomic mass is 9.69. The summed E-state index contributed by atoms with van der Waals surface area (Å²) in [5.41, 5.74) is -3.59. The van der Waals surface area contributed by atoms with E-state index < -0.39 is 50.1 Å². The van der Waals surface area contributed by atoms with Crippen LogP contribution >= 0.6 is 0 Å². The molecule has 10 heteroatoms. The quantitative estimate of drug-likeness (QED) is 0.207. The molecule has 0 fully saturated rings. The number of esters is 1. The largest absolute Gasteiger partial charge is 0.481 e. The van der Waals surface area contributed by atoms with E-state index in [2.05, 4.69) is 5.32 Å². The number of carbonyl (C=O) groups excluding carboxylic acids is 2. The Hall–Kier alpha value is -1.68. The van der Waals surface area contributed by atoms with Gasteiger partial charge in [0.15, 0.2) is 0 Å². The molecule has 30 heavy (non-hydrogen) atoms. The molecule has 1 amide bonds. The van der Waals surface area contributed by atoms with Crippen LogP contribution in [0, 0.1) is 10.8 Å². The third-order valence-corrected chi connectivity index (χ3v) is 6.31. The highest BCUT2D eigenvalue weighted by Gasteiger charge is 2.45. The van der Waals surface area contributed by atoms with Gasteiger partial charge < -0.3 is 15.2 Å². The number of rotatable bonds is 14. The standard InChI is InChI=1S/C20H37NO8S/c1-7-9-12-29-17(25)19(5,8-2)13-20(6,16(23)24)11-10-15(22)21-18(3,4)14-30(26,27)28/h7-14H2,1-6H3,(H,21,22)(H,23,24)(H,26,27,28). The molecule has 0 rings (SSSR count). The van der Waals surface area contributed by atoms with Crippen molar-refractivity contribution in [1.82, 2.24) is 5.32 Å². The third kappa shape index (κ3) is 9.88. The molecule has 0 aliphatic carbocycles. The topological polar surface area (TPSA) is 147 Å². The highest BCUT2D eigenvalue weighted by Crippen LogP contribution is 2.41. The zero-order valence-corrected chi connectivity index (χ0v) is 19.7. The van der Waals surface area contributed by atoms with Gasteiger partial charge in [-0.05, 0) is 53.4 Å². The fourth-order valence-corrected chi connectivity index (χ4v) is 4.26. The van der Waals surface area contributed by atoms with E-state index in [1.807, 2.05) is 6.92 Å². The van der Waals surface area contributed by atoms with Crippen molar-refractivity contribution in [2.24, 2.45) is 10.8 Å². The second-order valence-electron chi connectivity index (χ2n) is 9.10. The van der Waals surface area contributed by atoms with Crippen LogP contribution in [-0.4, -0.2) is 53.8 Å². The summed E-state index contributed by atoms with van der Waals surface area (Å²) in [4.78, 5) is 36.8. The van der Waals surface area contributed by atoms with Gasteiger partial charge in [0.05, 0.1) is 28.7 Å². The van der Waals surface area contributed by atoms with Crippen molar-refractivity contribution >= 4 is 28.0 Å². The molecule has 176 valence electrons. The minimum absolute atomic E-state index is 0.00150. The normalized spacial score (nSPS) is 16.2. The number of carbonyl (C=O) groups is 3. The fourth-order valence-electron chi connectivity index (χ4n) is 3.28. The molecule has 0 aliphatic rings. The number of aliphatic carboxylic acids is 1. The van der Waals surface area contributed by atoms with E-state index in [4.69, 9.17) is 9.29 Å². The first-order valence-corrected chi connectivity index (χ1v) is 11.8. The molecular weight excluding hydrogens is 414 g/mol. The molecule has 0 bridgehead atoms. The predicted molar refractivity (Wildman–Crippen MR) is 112 cm³/mol. The molecule has 0 heterocycles. The van der Waals surface area contributed by atoms with Crippen molar-refractivity contribution in [2.75, 3.05) is 12.4 Å². The number of nitrogens with one attached hydrogen (secondary N) is 1. The SMILES string of the molecule is CCCCOC(=O)C(C)(CC)CC(C)(CCC(=O)NC(C)(C)CS(=O)(=O)O)C(=O)O. The van der Waals surface area contributed by atoms with Gasteiger partial charge in [0.2, 0.25) is 5.91 Å². The molecule has 0 spiro atoms. The summed E-state index contributed by atoms with van der Waals surface area (Å²) in [6.45, 7) is 10.1. The van der Waals surface area contributed by atoms with Gasteiger partial charge in [-0.15, -0.1) is 0 Å². The van der Waals surface area contributed by atoms with Crippen molar-refractivity contribution in [3.05, 3.63) is 0 Å². The Morgan fingerprint density at radius 1 is 1.03 bits per heavy atom. The summed E-state index contributed by atoms with van der Waals surface area (Å²) < 4.78 is 36.4. The Morgan fingerprint density at radius 3 is 2.03 bits per heavy atom. The summed E-state index contributed by atoms with van der Waals surface area (Å²) >= 11 is 0. The molecule has 0 aromatic rings. The van der Waals surface area contributed by atoms with Gasteiger partial charge in [0.1, 0.15) is 0 Å². The molecule has 9 nitrogen and oxygen atoms in total. The van der Waals surface area contributed by atoms with Gasteiger partial charge in [-0.25, -0.2) is 0 Å². The highest BCUT2D eigenvalue weighted by atomic mass is 32.2. The van der Waals surface area contributed by atoms with Gasteiger partial charge in [-0.1, -0.05) is 20.3 Å². The average molecular weight is 452 g/mol. The number of hydrogen-bond acceptors (Lipinski definition) is 6. The maximum absolute atomic E-state index is 12.6. The average Bonchev–Trinajstić information content (AvgIpc) is 2.57. The summed E-state index contributed by atoms with van der Waals surface area (Å²) in [7, 11) is -4.29. The molecule has 2 unspecified atom stereocenters. The lowest BCUT2D eigenvalue weighted by Crippen LogP contribution is -2.48. The summed E-state index contributed by atoms with van der Waals surface area (Å²) in [6, 6.07) is 0. The first kappa shape index (κ1) is 28.3. The van der Waals surface area contributed by atoms with E-state index in [-0.39, 0.29) is 25.9 Å². The number of amides is 1. The summed E-state index contributed by atoms with van der Waals surface area (Å²) in [5, 5.41) is 12.3. The van der Waals surface area contributed by atoms with Gasteiger partial charge >= 0.3 is 11.9 Å². The number of unbranched alkanes of at least 4 members (excludes halogenated alkanes) is 1. The zero-order valence-electron chi connectivity index (χ0n) is 18.9. The van der Waals surface area contributed by atoms with Crippen molar-refractivity contribution in [3.8, 4) is 0 Å². The van der Waals surface area contributed by atoms with Crippen molar-refractivity contribution < 1.29 is 37.2 Å². The van der Waals surface area contributed by atoms with Crippen LogP contribution < -0.4 is 5.32 Å². The van der Waals surface area contributed by atoms with Gasteiger partial charge in [-0.3, -0.25) is 18.9 Å². The molecule has 0 aliphatic heterocycles. The summed E-state index contributed by atoms with van der Waals surface area (Å²) in [6.07, 6.45) is 1.75. The Morgan fingerprint density at radius 2 is 1.60 bits per heavy atom. The maximum Gasteiger partial charge on any atom is 0.311 e. The Labute approximate surface area is 179 Å². The van der Waals surface area contributed by atoms with Crippen LogP contribution in [0.5, 0.6) is 0 Å². The van der Waals surface area contributed by atoms with Crippen molar-refractivity contribution in [1.29, 1.82) is 0 Å². The van der Waals surface area contributed by atoms with Crippen LogP contribution in [0.15, 0.2) is 0 Å². The Balaban J connectivity index is 5.22. The lowest BCUT2D eigenvalue weighted by Gasteiger charge is -2.35. The minimum Gasteiger partial charge on any atom is -0.481 e. The predicted octanol–water partition coefficient (Wildman–Crippen LogP) is 2.79. The van der Waals surface area contributed by atoms with E-state index in [0.717, 1.165) is 12.8 Å². The van der Waals surface area contributed by atoms with E-state index in [9.17, 15) is 27.9 Å². The number of hydrogen-bond donors (Lipinski definition) is 3. The second-order valence-corrected chi connectivity index (χ2v) is 10.6. The molecule has 0 radical (unpaired) electrons. The molecular formula is C20H37NO8S. The van der Waals surface area contributed by atoms with Crippen molar-refractivity contribution in [3.63, 3.8) is 0 Å². The van der Waals surface area contributed by atoms with Gasteiger partial charge in [0.25, 0.3) is 10.1 Å². The molecule has 3 N–H and O–H groups in total. The summed E-state index contributed by atoms with van der Waals surface area (Å²) in [5.74, 6) is -2.79. The third-order valence-electron chi connectivity index (χ3n) is 5.23. The van der Waals surface area contributed by atoms with Crippen LogP contribution in [0.2, 0.25) is 0 Å². The number of carboxylic acids is 1. The van der Waals surface area contributed by atoms with Crippen LogP contribution in [0.3, 0.4) is 0 Å². The van der Waals surface area contributed by atoms with E-state index in [0.29, 0.717) is 6.42 Å². The maximum atomic E-state index is 12.6. The Bertz CT molecular complexity index is 718. The fraction of sp³-hybridized carbons (Fsp3) is 0.850. The molecule has 0 saturated carbocycles. The lowest BCUT2D eigenvalue weighted by molar-refractivity contribution is -0.161. The van der Waals surface area contributed by atoms with E-state index >= 15 is 0 Å². The first-order chi connectivity index (χ1) is 13.5. The van der Waals surface area contributed by atoms with E-state index in [1.165, 1.54) is 20.8 Å². The highest BCUT2D eigenvalue weighted by molar-refractivity contribution is 7.85. The second kappa shape index (κ2) is 11.1. The minimum atomic E-state index is -4.29. The first-order valence-electron chi connectivity index (χ1n) is 10.2. The van der Waals surface area contributed by atoms with Crippen LogP contribution in [0.1, 0.15) is 80.1 Å². The van der Waals surface area contributed by atoms with Crippen LogP contribution in [0.4, 0.5) is 0 Å². The molecule has 0 saturated heterocycles. The van der Waals surface area contributed by atoms with Crippen molar-refractivity contribution in [2.45, 2.75) is 85.6 Å². The van der Waals surface area contributed by atoms with E-state index in [1.54, 1.807) is 13.8 Å². The van der Waals surface area contributed by atoms with Crippen LogP contribution in [0.25, 0.3) is 0 Å². The monoisotopic (exact) mass is 451 g/mol. The molecule has 2 atom stereocenters. The smallest absolute Gasteiger partial charge is 0.311 e. The van der Waals surface area contributed by atoms with Gasteiger partial charge in [-0.2, -0.15) is 8.42 Å². The number of ether oxygens (including phenoxy) is 1. The zero-order chi connectivity index (χ0) is 23.8. The number of carboxylic acid groups (broad SMARTS) is 1. The van der Waals surface area contributed by atoms with Crippen LogP contribution in [-0.2, 0) is 29.2 Å². The Kier molecular flexibility index (Phi) is 10.5. The van der Waals surface area contributed by atoms with Gasteiger partial charge in [0, 0.05) is 6.42 Å². The molecule has 0 aromatic carbocycles.